The van der Waals surface area contributed by atoms with E-state index in [4.69, 9.17) is 4.74 Å². The molecule has 0 radical (unpaired) electrons. The van der Waals surface area contributed by atoms with E-state index >= 15 is 0 Å². The second-order valence-electron chi connectivity index (χ2n) is 4.70. The molecule has 0 bridgehead atoms. The molecule has 0 saturated carbocycles. The minimum atomic E-state index is -3.35. The summed E-state index contributed by atoms with van der Waals surface area (Å²) >= 11 is 0. The quantitative estimate of drug-likeness (QED) is 0.630. The molecule has 1 aliphatic rings. The first-order valence-electron chi connectivity index (χ1n) is 6.42. The zero-order valence-electron chi connectivity index (χ0n) is 11.6. The van der Waals surface area contributed by atoms with Gasteiger partial charge in [0.1, 0.15) is 0 Å². The average Bonchev–Trinajstić information content (AvgIpc) is 2.81. The molecule has 1 heterocycles. The van der Waals surface area contributed by atoms with E-state index in [9.17, 15) is 8.42 Å². The van der Waals surface area contributed by atoms with Gasteiger partial charge in [-0.3, -0.25) is 0 Å². The van der Waals surface area contributed by atoms with E-state index in [2.05, 4.69) is 5.32 Å². The highest BCUT2D eigenvalue weighted by Crippen LogP contribution is 2.15. The number of hydrogen-bond acceptors (Lipinski definition) is 4. The van der Waals surface area contributed by atoms with Gasteiger partial charge < -0.3 is 10.1 Å². The monoisotopic (exact) mass is 279 g/mol. The highest BCUT2D eigenvalue weighted by Gasteiger charge is 2.27. The van der Waals surface area contributed by atoms with Crippen LogP contribution in [0.3, 0.4) is 0 Å². The highest BCUT2D eigenvalue weighted by molar-refractivity contribution is 7.86. The lowest BCUT2D eigenvalue weighted by molar-refractivity contribution is 0.0967. The lowest BCUT2D eigenvalue weighted by atomic mass is 10.2. The molecule has 6 nitrogen and oxygen atoms in total. The lowest BCUT2D eigenvalue weighted by Crippen LogP contribution is -2.43. The molecule has 0 aliphatic carbocycles. The number of hydrogen-bond donors (Lipinski definition) is 1. The van der Waals surface area contributed by atoms with E-state index < -0.39 is 10.2 Å². The molecule has 0 aromatic carbocycles. The minimum Gasteiger partial charge on any atom is -0.377 e. The van der Waals surface area contributed by atoms with E-state index in [-0.39, 0.29) is 6.10 Å². The van der Waals surface area contributed by atoms with Gasteiger partial charge in [-0.1, -0.05) is 0 Å². The molecular weight excluding hydrogens is 254 g/mol. The number of rotatable bonds is 8. The summed E-state index contributed by atoms with van der Waals surface area (Å²) in [5.41, 5.74) is 0. The Morgan fingerprint density at radius 1 is 1.33 bits per heavy atom. The smallest absolute Gasteiger partial charge is 0.281 e. The Morgan fingerprint density at radius 3 is 2.61 bits per heavy atom. The molecule has 18 heavy (non-hydrogen) atoms. The van der Waals surface area contributed by atoms with Crippen molar-refractivity contribution in [1.82, 2.24) is 13.9 Å². The summed E-state index contributed by atoms with van der Waals surface area (Å²) in [4.78, 5) is 0. The van der Waals surface area contributed by atoms with Crippen molar-refractivity contribution in [3.05, 3.63) is 0 Å². The number of ether oxygens (including phenoxy) is 1. The maximum atomic E-state index is 12.2. The van der Waals surface area contributed by atoms with Gasteiger partial charge in [-0.25, -0.2) is 0 Å². The van der Waals surface area contributed by atoms with Crippen LogP contribution in [0.1, 0.15) is 19.3 Å². The molecular formula is C11H25N3O3S. The van der Waals surface area contributed by atoms with Gasteiger partial charge in [0.05, 0.1) is 6.10 Å². The van der Waals surface area contributed by atoms with Crippen molar-refractivity contribution in [2.75, 3.05) is 47.4 Å². The van der Waals surface area contributed by atoms with Crippen LogP contribution in [0.25, 0.3) is 0 Å². The summed E-state index contributed by atoms with van der Waals surface area (Å²) < 4.78 is 32.6. The molecule has 0 aromatic heterocycles. The largest absolute Gasteiger partial charge is 0.377 e. The van der Waals surface area contributed by atoms with Gasteiger partial charge in [0.25, 0.3) is 10.2 Å². The van der Waals surface area contributed by atoms with Gasteiger partial charge in [0.2, 0.25) is 0 Å². The van der Waals surface area contributed by atoms with Crippen molar-refractivity contribution in [3.8, 4) is 0 Å². The van der Waals surface area contributed by atoms with Crippen LogP contribution in [0.15, 0.2) is 0 Å². The van der Waals surface area contributed by atoms with E-state index in [1.165, 1.54) is 8.61 Å². The third-order valence-corrected chi connectivity index (χ3v) is 5.08. The standard InChI is InChI=1S/C11H25N3O3S/c1-12-7-5-8-13(2)18(15,16)14(3)10-11-6-4-9-17-11/h11-12H,4-10H2,1-3H3. The normalized spacial score (nSPS) is 21.1. The molecule has 1 saturated heterocycles. The molecule has 1 atom stereocenters. The van der Waals surface area contributed by atoms with Gasteiger partial charge in [-0.15, -0.1) is 0 Å². The maximum absolute atomic E-state index is 12.2. The van der Waals surface area contributed by atoms with Crippen molar-refractivity contribution in [2.45, 2.75) is 25.4 Å². The van der Waals surface area contributed by atoms with E-state index in [1.807, 2.05) is 7.05 Å². The molecule has 1 N–H and O–H groups in total. The molecule has 7 heteroatoms. The fourth-order valence-corrected chi connectivity index (χ4v) is 3.19. The van der Waals surface area contributed by atoms with Crippen molar-refractivity contribution in [1.29, 1.82) is 0 Å². The van der Waals surface area contributed by atoms with Crippen molar-refractivity contribution >= 4 is 10.2 Å². The fraction of sp³-hybridized carbons (Fsp3) is 1.00. The van der Waals surface area contributed by atoms with Crippen LogP contribution in [-0.2, 0) is 14.9 Å². The van der Waals surface area contributed by atoms with Crippen LogP contribution in [0.4, 0.5) is 0 Å². The number of nitrogens with one attached hydrogen (secondary N) is 1. The molecule has 1 rings (SSSR count). The molecule has 1 fully saturated rings. The van der Waals surface area contributed by atoms with Gasteiger partial charge in [0, 0.05) is 33.8 Å². The molecule has 1 aliphatic heterocycles. The first-order chi connectivity index (χ1) is 8.48. The van der Waals surface area contributed by atoms with Gasteiger partial charge >= 0.3 is 0 Å². The van der Waals surface area contributed by atoms with Crippen molar-refractivity contribution in [2.24, 2.45) is 0 Å². The Hall–Kier alpha value is -0.210. The summed E-state index contributed by atoms with van der Waals surface area (Å²) in [7, 11) is 1.75. The van der Waals surface area contributed by atoms with Crippen LogP contribution in [0.5, 0.6) is 0 Å². The van der Waals surface area contributed by atoms with Crippen LogP contribution in [0, 0.1) is 0 Å². The zero-order chi connectivity index (χ0) is 13.6. The topological polar surface area (TPSA) is 61.9 Å². The summed E-state index contributed by atoms with van der Waals surface area (Å²) in [6.45, 7) is 2.53. The molecule has 0 aromatic rings. The molecule has 0 spiro atoms. The fourth-order valence-electron chi connectivity index (χ4n) is 2.00. The maximum Gasteiger partial charge on any atom is 0.281 e. The predicted octanol–water partition coefficient (Wildman–Crippen LogP) is -0.117. The van der Waals surface area contributed by atoms with Crippen LogP contribution in [-0.4, -0.2) is 70.5 Å². The summed E-state index contributed by atoms with van der Waals surface area (Å²) in [5, 5.41) is 3.01. The first kappa shape index (κ1) is 15.8. The SMILES string of the molecule is CNCCCN(C)S(=O)(=O)N(C)CC1CCCO1. The third-order valence-electron chi connectivity index (χ3n) is 3.17. The third kappa shape index (κ3) is 4.47. The summed E-state index contributed by atoms with van der Waals surface area (Å²) in [6, 6.07) is 0. The Balaban J connectivity index is 2.44. The zero-order valence-corrected chi connectivity index (χ0v) is 12.4. The lowest BCUT2D eigenvalue weighted by Gasteiger charge is -2.26. The van der Waals surface area contributed by atoms with Gasteiger partial charge in [0.15, 0.2) is 0 Å². The van der Waals surface area contributed by atoms with Crippen LogP contribution >= 0.6 is 0 Å². The number of likely N-dealkylation sites (N-methyl/N-ethyl adjacent to an activating group) is 1. The van der Waals surface area contributed by atoms with Gasteiger partial charge in [-0.05, 0) is 32.9 Å². The highest BCUT2D eigenvalue weighted by atomic mass is 32.2. The Labute approximate surface area is 110 Å². The van der Waals surface area contributed by atoms with E-state index in [1.54, 1.807) is 14.1 Å². The second-order valence-corrected chi connectivity index (χ2v) is 6.84. The Kier molecular flexibility index (Phi) is 6.51. The first-order valence-corrected chi connectivity index (χ1v) is 7.82. The van der Waals surface area contributed by atoms with Crippen molar-refractivity contribution in [3.63, 3.8) is 0 Å². The Bertz CT molecular complexity index is 328. The minimum absolute atomic E-state index is 0.0514. The summed E-state index contributed by atoms with van der Waals surface area (Å²) in [5.74, 6) is 0. The van der Waals surface area contributed by atoms with Crippen LogP contribution < -0.4 is 5.32 Å². The summed E-state index contributed by atoms with van der Waals surface area (Å²) in [6.07, 6.45) is 2.83. The van der Waals surface area contributed by atoms with E-state index in [0.29, 0.717) is 13.1 Å². The second kappa shape index (κ2) is 7.40. The molecule has 108 valence electrons. The average molecular weight is 279 g/mol. The Morgan fingerprint density at radius 2 is 2.06 bits per heavy atom. The molecule has 0 amide bonds. The van der Waals surface area contributed by atoms with Crippen LogP contribution in [0.2, 0.25) is 0 Å². The van der Waals surface area contributed by atoms with Gasteiger partial charge in [-0.2, -0.15) is 17.0 Å². The molecule has 1 unspecified atom stereocenters. The van der Waals surface area contributed by atoms with E-state index in [0.717, 1.165) is 32.4 Å². The predicted molar refractivity (Wildman–Crippen MR) is 71.7 cm³/mol. The number of nitrogens with zero attached hydrogens (tertiary/aromatic N) is 2. The van der Waals surface area contributed by atoms with Crippen molar-refractivity contribution < 1.29 is 13.2 Å².